The molecule has 3 rings (SSSR count). The van der Waals surface area contributed by atoms with E-state index in [1.54, 1.807) is 12.1 Å². The summed E-state index contributed by atoms with van der Waals surface area (Å²) in [4.78, 5) is 8.79. The van der Waals surface area contributed by atoms with Gasteiger partial charge in [-0.05, 0) is 47.8 Å². The molecule has 0 spiro atoms. The summed E-state index contributed by atoms with van der Waals surface area (Å²) in [6, 6.07) is 4.81. The SMILES string of the molecule is Cc1c(N)nc(C2CC2)nc1Nc1c(F)cccc1Br. The summed E-state index contributed by atoms with van der Waals surface area (Å²) in [5.41, 5.74) is 7.00. The molecular formula is C14H14BrFN4. The van der Waals surface area contributed by atoms with Gasteiger partial charge in [0, 0.05) is 16.0 Å². The van der Waals surface area contributed by atoms with Gasteiger partial charge in [0.05, 0.1) is 5.69 Å². The number of para-hydroxylation sites is 1. The van der Waals surface area contributed by atoms with E-state index in [-0.39, 0.29) is 5.82 Å². The molecule has 0 saturated heterocycles. The fourth-order valence-electron chi connectivity index (χ4n) is 1.93. The molecule has 1 heterocycles. The first-order valence-electron chi connectivity index (χ1n) is 6.41. The average Bonchev–Trinajstić information content (AvgIpc) is 3.23. The highest BCUT2D eigenvalue weighted by Crippen LogP contribution is 2.40. The van der Waals surface area contributed by atoms with Crippen LogP contribution in [0.4, 0.5) is 21.7 Å². The van der Waals surface area contributed by atoms with Gasteiger partial charge in [-0.15, -0.1) is 0 Å². The highest BCUT2D eigenvalue weighted by molar-refractivity contribution is 9.10. The lowest BCUT2D eigenvalue weighted by Gasteiger charge is -2.13. The number of rotatable bonds is 3. The number of halogens is 2. The number of anilines is 3. The molecule has 1 fully saturated rings. The Balaban J connectivity index is 2.01. The van der Waals surface area contributed by atoms with Gasteiger partial charge in [-0.1, -0.05) is 6.07 Å². The lowest BCUT2D eigenvalue weighted by atomic mass is 10.2. The van der Waals surface area contributed by atoms with Crippen molar-refractivity contribution in [1.29, 1.82) is 0 Å². The van der Waals surface area contributed by atoms with E-state index in [1.165, 1.54) is 6.07 Å². The van der Waals surface area contributed by atoms with Gasteiger partial charge >= 0.3 is 0 Å². The van der Waals surface area contributed by atoms with Crippen molar-refractivity contribution in [3.05, 3.63) is 39.9 Å². The maximum Gasteiger partial charge on any atom is 0.147 e. The van der Waals surface area contributed by atoms with Crippen LogP contribution in [0.5, 0.6) is 0 Å². The molecule has 0 atom stereocenters. The van der Waals surface area contributed by atoms with Crippen molar-refractivity contribution in [2.45, 2.75) is 25.7 Å². The molecule has 4 nitrogen and oxygen atoms in total. The Bertz CT molecular complexity index is 650. The number of nitrogens with two attached hydrogens (primary N) is 1. The number of nitrogen functional groups attached to an aromatic ring is 1. The van der Waals surface area contributed by atoms with E-state index < -0.39 is 0 Å². The zero-order chi connectivity index (χ0) is 14.3. The van der Waals surface area contributed by atoms with Gasteiger partial charge in [-0.2, -0.15) is 0 Å². The maximum absolute atomic E-state index is 13.9. The molecular weight excluding hydrogens is 323 g/mol. The van der Waals surface area contributed by atoms with Crippen LogP contribution in [0.3, 0.4) is 0 Å². The van der Waals surface area contributed by atoms with Crippen molar-refractivity contribution >= 4 is 33.3 Å². The van der Waals surface area contributed by atoms with Crippen LogP contribution in [0.15, 0.2) is 22.7 Å². The number of nitrogens with zero attached hydrogens (tertiary/aromatic N) is 2. The molecule has 1 aliphatic carbocycles. The van der Waals surface area contributed by atoms with Crippen molar-refractivity contribution in [3.8, 4) is 0 Å². The Morgan fingerprint density at radius 2 is 2.10 bits per heavy atom. The minimum Gasteiger partial charge on any atom is -0.383 e. The minimum atomic E-state index is -0.344. The molecule has 20 heavy (non-hydrogen) atoms. The van der Waals surface area contributed by atoms with Gasteiger partial charge in [0.2, 0.25) is 0 Å². The predicted octanol–water partition coefficient (Wildman–Crippen LogP) is 3.89. The first-order valence-corrected chi connectivity index (χ1v) is 7.20. The van der Waals surface area contributed by atoms with Gasteiger partial charge in [0.15, 0.2) is 0 Å². The van der Waals surface area contributed by atoms with E-state index in [9.17, 15) is 4.39 Å². The third-order valence-corrected chi connectivity index (χ3v) is 4.01. The van der Waals surface area contributed by atoms with E-state index in [2.05, 4.69) is 31.2 Å². The zero-order valence-electron chi connectivity index (χ0n) is 11.0. The van der Waals surface area contributed by atoms with Crippen LogP contribution in [0.2, 0.25) is 0 Å². The quantitative estimate of drug-likeness (QED) is 0.892. The molecule has 1 aromatic carbocycles. The Morgan fingerprint density at radius 3 is 2.75 bits per heavy atom. The summed E-state index contributed by atoms with van der Waals surface area (Å²) in [6.45, 7) is 1.82. The van der Waals surface area contributed by atoms with Crippen LogP contribution in [0, 0.1) is 12.7 Å². The minimum absolute atomic E-state index is 0.344. The number of nitrogens with one attached hydrogen (secondary N) is 1. The van der Waals surface area contributed by atoms with Crippen LogP contribution in [-0.4, -0.2) is 9.97 Å². The lowest BCUT2D eigenvalue weighted by molar-refractivity contribution is 0.631. The van der Waals surface area contributed by atoms with Crippen LogP contribution < -0.4 is 11.1 Å². The molecule has 1 saturated carbocycles. The topological polar surface area (TPSA) is 63.8 Å². The number of hydrogen-bond donors (Lipinski definition) is 2. The lowest BCUT2D eigenvalue weighted by Crippen LogP contribution is -2.07. The van der Waals surface area contributed by atoms with Crippen molar-refractivity contribution in [1.82, 2.24) is 9.97 Å². The summed E-state index contributed by atoms with van der Waals surface area (Å²) >= 11 is 3.33. The fourth-order valence-corrected chi connectivity index (χ4v) is 2.37. The maximum atomic E-state index is 13.9. The van der Waals surface area contributed by atoms with E-state index in [0.29, 0.717) is 27.7 Å². The summed E-state index contributed by atoms with van der Waals surface area (Å²) < 4.78 is 14.5. The number of aromatic nitrogens is 2. The second-order valence-corrected chi connectivity index (χ2v) is 5.79. The third kappa shape index (κ3) is 2.47. The molecule has 0 aliphatic heterocycles. The van der Waals surface area contributed by atoms with E-state index in [1.807, 2.05) is 6.92 Å². The van der Waals surface area contributed by atoms with Gasteiger partial charge in [-0.25, -0.2) is 14.4 Å². The van der Waals surface area contributed by atoms with Gasteiger partial charge in [-0.3, -0.25) is 0 Å². The summed E-state index contributed by atoms with van der Waals surface area (Å²) in [6.07, 6.45) is 2.18. The summed E-state index contributed by atoms with van der Waals surface area (Å²) in [5.74, 6) is 1.79. The summed E-state index contributed by atoms with van der Waals surface area (Å²) in [7, 11) is 0. The molecule has 0 radical (unpaired) electrons. The number of hydrogen-bond acceptors (Lipinski definition) is 4. The van der Waals surface area contributed by atoms with Crippen molar-refractivity contribution in [3.63, 3.8) is 0 Å². The predicted molar refractivity (Wildman–Crippen MR) is 80.5 cm³/mol. The van der Waals surface area contributed by atoms with E-state index in [0.717, 1.165) is 24.2 Å². The second-order valence-electron chi connectivity index (χ2n) is 4.94. The molecule has 1 aliphatic rings. The monoisotopic (exact) mass is 336 g/mol. The molecule has 0 amide bonds. The standard InChI is InChI=1S/C14H14BrFN4/c1-7-12(17)19-14(8-5-6-8)20-13(7)18-11-9(15)3-2-4-10(11)16/h2-4,8H,5-6H2,1H3,(H3,17,18,19,20). The molecule has 0 bridgehead atoms. The van der Waals surface area contributed by atoms with E-state index >= 15 is 0 Å². The van der Waals surface area contributed by atoms with Crippen molar-refractivity contribution in [2.24, 2.45) is 0 Å². The fraction of sp³-hybridized carbons (Fsp3) is 0.286. The largest absolute Gasteiger partial charge is 0.383 e. The zero-order valence-corrected chi connectivity index (χ0v) is 12.5. The van der Waals surface area contributed by atoms with Gasteiger partial charge in [0.25, 0.3) is 0 Å². The first-order chi connectivity index (χ1) is 9.56. The summed E-state index contributed by atoms with van der Waals surface area (Å²) in [5, 5.41) is 3.02. The molecule has 3 N–H and O–H groups in total. The normalized spacial score (nSPS) is 14.3. The van der Waals surface area contributed by atoms with Crippen molar-refractivity contribution < 1.29 is 4.39 Å². The Kier molecular flexibility index (Phi) is 3.33. The Labute approximate surface area is 124 Å². The van der Waals surface area contributed by atoms with Crippen LogP contribution >= 0.6 is 15.9 Å². The molecule has 1 aromatic heterocycles. The molecule has 6 heteroatoms. The second kappa shape index (κ2) is 5.01. The highest BCUT2D eigenvalue weighted by atomic mass is 79.9. The van der Waals surface area contributed by atoms with Gasteiger partial charge in [0.1, 0.15) is 23.3 Å². The van der Waals surface area contributed by atoms with Crippen LogP contribution in [0.1, 0.15) is 30.1 Å². The average molecular weight is 337 g/mol. The Hall–Kier alpha value is -1.69. The van der Waals surface area contributed by atoms with Crippen LogP contribution in [0.25, 0.3) is 0 Å². The first kappa shape index (κ1) is 13.3. The highest BCUT2D eigenvalue weighted by Gasteiger charge is 2.28. The van der Waals surface area contributed by atoms with Gasteiger partial charge < -0.3 is 11.1 Å². The van der Waals surface area contributed by atoms with Crippen LogP contribution in [-0.2, 0) is 0 Å². The molecule has 104 valence electrons. The molecule has 0 unspecified atom stereocenters. The van der Waals surface area contributed by atoms with E-state index in [4.69, 9.17) is 5.73 Å². The Morgan fingerprint density at radius 1 is 1.35 bits per heavy atom. The molecule has 2 aromatic rings. The van der Waals surface area contributed by atoms with Crippen molar-refractivity contribution in [2.75, 3.05) is 11.1 Å². The third-order valence-electron chi connectivity index (χ3n) is 3.35. The number of benzene rings is 1. The smallest absolute Gasteiger partial charge is 0.147 e.